The average molecular weight is 254 g/mol. The van der Waals surface area contributed by atoms with Crippen molar-refractivity contribution in [1.29, 1.82) is 0 Å². The highest BCUT2D eigenvalue weighted by Gasteiger charge is 2.14. The minimum atomic E-state index is -0.134. The van der Waals surface area contributed by atoms with Crippen LogP contribution in [0.3, 0.4) is 0 Å². The third-order valence-corrected chi connectivity index (χ3v) is 3.01. The van der Waals surface area contributed by atoms with E-state index in [1.54, 1.807) is 0 Å². The molecule has 1 atom stereocenters. The fourth-order valence-electron chi connectivity index (χ4n) is 2.04. The number of amides is 1. The van der Waals surface area contributed by atoms with E-state index in [0.29, 0.717) is 0 Å². The van der Waals surface area contributed by atoms with E-state index in [0.717, 1.165) is 12.0 Å². The molecule has 0 heterocycles. The van der Waals surface area contributed by atoms with E-state index in [9.17, 15) is 4.79 Å². The van der Waals surface area contributed by atoms with Gasteiger partial charge in [0.1, 0.15) is 0 Å². The van der Waals surface area contributed by atoms with Gasteiger partial charge in [0, 0.05) is 0 Å². The van der Waals surface area contributed by atoms with Gasteiger partial charge in [-0.05, 0) is 17.5 Å². The molecule has 0 aliphatic carbocycles. The van der Waals surface area contributed by atoms with Gasteiger partial charge in [-0.15, -0.1) is 0 Å². The topological polar surface area (TPSA) is 55.1 Å². The Morgan fingerprint density at radius 2 is 1.58 bits per heavy atom. The second-order valence-electron chi connectivity index (χ2n) is 4.42. The second kappa shape index (κ2) is 6.71. The molecule has 2 rings (SSSR count). The van der Waals surface area contributed by atoms with Crippen molar-refractivity contribution in [1.82, 2.24) is 5.32 Å². The Hall–Kier alpha value is -2.13. The molecule has 3 heteroatoms. The minimum Gasteiger partial charge on any atom is -0.348 e. The Labute approximate surface area is 113 Å². The number of hydrogen-bond acceptors (Lipinski definition) is 2. The summed E-state index contributed by atoms with van der Waals surface area (Å²) in [5.41, 5.74) is 7.66. The van der Waals surface area contributed by atoms with Crippen molar-refractivity contribution in [3.05, 3.63) is 71.8 Å². The van der Waals surface area contributed by atoms with Gasteiger partial charge in [0.2, 0.25) is 5.91 Å². The molecular weight excluding hydrogens is 236 g/mol. The maximum Gasteiger partial charge on any atom is 0.234 e. The molecule has 3 N–H and O–H groups in total. The van der Waals surface area contributed by atoms with Crippen molar-refractivity contribution in [2.75, 3.05) is 6.54 Å². The lowest BCUT2D eigenvalue weighted by Crippen LogP contribution is -2.34. The molecule has 2 aromatic rings. The second-order valence-corrected chi connectivity index (χ2v) is 4.42. The summed E-state index contributed by atoms with van der Waals surface area (Å²) < 4.78 is 0. The van der Waals surface area contributed by atoms with Crippen LogP contribution in [0.5, 0.6) is 0 Å². The molecule has 0 fully saturated rings. The normalized spacial score (nSPS) is 11.8. The van der Waals surface area contributed by atoms with Gasteiger partial charge < -0.3 is 11.1 Å². The molecule has 19 heavy (non-hydrogen) atoms. The van der Waals surface area contributed by atoms with Crippen LogP contribution in [0.25, 0.3) is 0 Å². The maximum absolute atomic E-state index is 11.5. The zero-order chi connectivity index (χ0) is 13.5. The number of carbonyl (C=O) groups is 1. The van der Waals surface area contributed by atoms with Crippen molar-refractivity contribution in [3.8, 4) is 0 Å². The molecular formula is C16H18N2O. The highest BCUT2D eigenvalue weighted by Crippen LogP contribution is 2.18. The molecule has 1 amide bonds. The molecule has 0 saturated carbocycles. The van der Waals surface area contributed by atoms with Crippen LogP contribution in [0.15, 0.2) is 60.7 Å². The van der Waals surface area contributed by atoms with E-state index in [-0.39, 0.29) is 18.5 Å². The summed E-state index contributed by atoms with van der Waals surface area (Å²) in [5.74, 6) is -0.134. The largest absolute Gasteiger partial charge is 0.348 e. The van der Waals surface area contributed by atoms with Gasteiger partial charge in [-0.3, -0.25) is 4.79 Å². The third kappa shape index (κ3) is 3.93. The van der Waals surface area contributed by atoms with E-state index in [1.807, 2.05) is 48.5 Å². The molecule has 0 aromatic heterocycles. The van der Waals surface area contributed by atoms with Crippen LogP contribution in [0, 0.1) is 0 Å². The number of carbonyl (C=O) groups excluding carboxylic acids is 1. The monoisotopic (exact) mass is 254 g/mol. The fourth-order valence-corrected chi connectivity index (χ4v) is 2.04. The standard InChI is InChI=1S/C16H18N2O/c17-12-16(19)18-15(14-9-5-2-6-10-14)11-13-7-3-1-4-8-13/h1-10,15H,11-12,17H2,(H,18,19)/t15-/m0/s1. The Kier molecular flexibility index (Phi) is 4.70. The van der Waals surface area contributed by atoms with E-state index in [1.165, 1.54) is 5.56 Å². The quantitative estimate of drug-likeness (QED) is 0.858. The smallest absolute Gasteiger partial charge is 0.234 e. The SMILES string of the molecule is NCC(=O)N[C@@H](Cc1ccccc1)c1ccccc1. The van der Waals surface area contributed by atoms with Crippen LogP contribution in [0.1, 0.15) is 17.2 Å². The van der Waals surface area contributed by atoms with Gasteiger partial charge in [-0.1, -0.05) is 60.7 Å². The third-order valence-electron chi connectivity index (χ3n) is 3.01. The number of nitrogens with one attached hydrogen (secondary N) is 1. The first-order chi connectivity index (χ1) is 9.29. The van der Waals surface area contributed by atoms with Crippen LogP contribution < -0.4 is 11.1 Å². The summed E-state index contributed by atoms with van der Waals surface area (Å²) in [6.07, 6.45) is 0.761. The summed E-state index contributed by atoms with van der Waals surface area (Å²) in [4.78, 5) is 11.5. The number of benzene rings is 2. The molecule has 0 bridgehead atoms. The lowest BCUT2D eigenvalue weighted by Gasteiger charge is -2.19. The van der Waals surface area contributed by atoms with Crippen LogP contribution in [-0.2, 0) is 11.2 Å². The van der Waals surface area contributed by atoms with E-state index in [4.69, 9.17) is 5.73 Å². The summed E-state index contributed by atoms with van der Waals surface area (Å²) in [5, 5.41) is 2.97. The first-order valence-electron chi connectivity index (χ1n) is 6.38. The zero-order valence-electron chi connectivity index (χ0n) is 10.8. The van der Waals surface area contributed by atoms with Crippen molar-refractivity contribution in [3.63, 3.8) is 0 Å². The molecule has 2 aromatic carbocycles. The lowest BCUT2D eigenvalue weighted by atomic mass is 9.99. The van der Waals surface area contributed by atoms with Crippen LogP contribution in [0.2, 0.25) is 0 Å². The average Bonchev–Trinajstić information content (AvgIpc) is 2.48. The Morgan fingerprint density at radius 1 is 1.00 bits per heavy atom. The summed E-state index contributed by atoms with van der Waals surface area (Å²) in [6.45, 7) is 0.0120. The number of nitrogens with two attached hydrogens (primary N) is 1. The minimum absolute atomic E-state index is 0.0120. The van der Waals surface area contributed by atoms with E-state index >= 15 is 0 Å². The zero-order valence-corrected chi connectivity index (χ0v) is 10.8. The van der Waals surface area contributed by atoms with Crippen molar-refractivity contribution in [2.45, 2.75) is 12.5 Å². The Bertz CT molecular complexity index is 511. The number of hydrogen-bond donors (Lipinski definition) is 2. The Balaban J connectivity index is 2.17. The lowest BCUT2D eigenvalue weighted by molar-refractivity contribution is -0.120. The van der Waals surface area contributed by atoms with Gasteiger partial charge in [-0.2, -0.15) is 0 Å². The van der Waals surface area contributed by atoms with E-state index in [2.05, 4.69) is 17.4 Å². The fraction of sp³-hybridized carbons (Fsp3) is 0.188. The van der Waals surface area contributed by atoms with E-state index < -0.39 is 0 Å². The van der Waals surface area contributed by atoms with Gasteiger partial charge in [0.05, 0.1) is 12.6 Å². The highest BCUT2D eigenvalue weighted by molar-refractivity contribution is 5.78. The Morgan fingerprint density at radius 3 is 2.16 bits per heavy atom. The van der Waals surface area contributed by atoms with Gasteiger partial charge in [0.25, 0.3) is 0 Å². The molecule has 0 radical (unpaired) electrons. The van der Waals surface area contributed by atoms with Crippen LogP contribution >= 0.6 is 0 Å². The molecule has 0 unspecified atom stereocenters. The molecule has 0 spiro atoms. The predicted molar refractivity (Wildman–Crippen MR) is 76.5 cm³/mol. The number of rotatable bonds is 5. The molecule has 0 aliphatic rings. The van der Waals surface area contributed by atoms with Gasteiger partial charge in [-0.25, -0.2) is 0 Å². The van der Waals surface area contributed by atoms with Gasteiger partial charge in [0.15, 0.2) is 0 Å². The van der Waals surface area contributed by atoms with Crippen molar-refractivity contribution >= 4 is 5.91 Å². The van der Waals surface area contributed by atoms with Crippen molar-refractivity contribution in [2.24, 2.45) is 5.73 Å². The maximum atomic E-state index is 11.5. The summed E-state index contributed by atoms with van der Waals surface area (Å²) in [6, 6.07) is 20.0. The van der Waals surface area contributed by atoms with Crippen LogP contribution in [-0.4, -0.2) is 12.5 Å². The highest BCUT2D eigenvalue weighted by atomic mass is 16.1. The molecule has 98 valence electrons. The first-order valence-corrected chi connectivity index (χ1v) is 6.38. The van der Waals surface area contributed by atoms with Gasteiger partial charge >= 0.3 is 0 Å². The van der Waals surface area contributed by atoms with Crippen molar-refractivity contribution < 1.29 is 4.79 Å². The molecule has 0 saturated heterocycles. The molecule has 3 nitrogen and oxygen atoms in total. The first kappa shape index (κ1) is 13.3. The predicted octanol–water partition coefficient (Wildman–Crippen LogP) is 2.05. The molecule has 0 aliphatic heterocycles. The summed E-state index contributed by atoms with van der Waals surface area (Å²) in [7, 11) is 0. The van der Waals surface area contributed by atoms with Crippen LogP contribution in [0.4, 0.5) is 0 Å². The summed E-state index contributed by atoms with van der Waals surface area (Å²) >= 11 is 0.